The molecule has 0 radical (unpaired) electrons. The predicted molar refractivity (Wildman–Crippen MR) is 72.7 cm³/mol. The van der Waals surface area contributed by atoms with Crippen LogP contribution in [-0.2, 0) is 0 Å². The third-order valence-corrected chi connectivity index (χ3v) is 2.74. The molecule has 19 heavy (non-hydrogen) atoms. The number of aromatic amines is 1. The van der Waals surface area contributed by atoms with Crippen LogP contribution in [0, 0.1) is 0 Å². The minimum Gasteiger partial charge on any atom is -0.397 e. The van der Waals surface area contributed by atoms with E-state index in [0.29, 0.717) is 17.2 Å². The summed E-state index contributed by atoms with van der Waals surface area (Å²) in [4.78, 5) is 22.9. The number of carbonyl (C=O) groups excluding carboxylic acids is 1. The largest absolute Gasteiger partial charge is 0.397 e. The van der Waals surface area contributed by atoms with Gasteiger partial charge < -0.3 is 16.0 Å². The molecule has 0 atom stereocenters. The molecule has 6 heteroatoms. The van der Waals surface area contributed by atoms with Crippen LogP contribution in [0.25, 0.3) is 10.9 Å². The highest BCUT2D eigenvalue weighted by molar-refractivity contribution is 6.06. The van der Waals surface area contributed by atoms with Gasteiger partial charge in [-0.3, -0.25) is 9.78 Å². The summed E-state index contributed by atoms with van der Waals surface area (Å²) in [6.07, 6.45) is 4.53. The molecule has 0 unspecified atom stereocenters. The van der Waals surface area contributed by atoms with Crippen molar-refractivity contribution in [2.75, 3.05) is 11.1 Å². The molecule has 2 heterocycles. The van der Waals surface area contributed by atoms with E-state index in [1.165, 1.54) is 12.4 Å². The Morgan fingerprint density at radius 3 is 2.95 bits per heavy atom. The lowest BCUT2D eigenvalue weighted by Crippen LogP contribution is -2.13. The molecule has 0 aliphatic heterocycles. The van der Waals surface area contributed by atoms with Gasteiger partial charge in [-0.2, -0.15) is 0 Å². The number of nitrogen functional groups attached to an aromatic ring is 1. The van der Waals surface area contributed by atoms with Crippen LogP contribution < -0.4 is 11.1 Å². The molecule has 94 valence electrons. The molecular weight excluding hydrogens is 242 g/mol. The fraction of sp³-hybridized carbons (Fsp3) is 0. The Hall–Kier alpha value is -2.89. The molecule has 0 bridgehead atoms. The number of nitrogens with one attached hydrogen (secondary N) is 2. The van der Waals surface area contributed by atoms with E-state index in [1.807, 2.05) is 12.1 Å². The Morgan fingerprint density at radius 1 is 1.32 bits per heavy atom. The summed E-state index contributed by atoms with van der Waals surface area (Å²) in [6, 6.07) is 7.26. The van der Waals surface area contributed by atoms with Crippen LogP contribution in [-0.4, -0.2) is 20.9 Å². The van der Waals surface area contributed by atoms with Gasteiger partial charge in [-0.15, -0.1) is 0 Å². The number of H-pyrrole nitrogens is 1. The van der Waals surface area contributed by atoms with Gasteiger partial charge in [0.1, 0.15) is 5.69 Å². The van der Waals surface area contributed by atoms with Gasteiger partial charge >= 0.3 is 0 Å². The lowest BCUT2D eigenvalue weighted by molar-refractivity contribution is 0.102. The molecular formula is C13H11N5O. The van der Waals surface area contributed by atoms with Crippen LogP contribution in [0.1, 0.15) is 10.5 Å². The van der Waals surface area contributed by atoms with Crippen LogP contribution >= 0.6 is 0 Å². The van der Waals surface area contributed by atoms with E-state index in [9.17, 15) is 4.79 Å². The second-order valence-electron chi connectivity index (χ2n) is 4.04. The number of fused-ring (bicyclic) bond motifs is 1. The van der Waals surface area contributed by atoms with E-state index in [0.717, 1.165) is 10.9 Å². The van der Waals surface area contributed by atoms with Gasteiger partial charge in [0.05, 0.1) is 17.4 Å². The molecule has 1 aromatic carbocycles. The van der Waals surface area contributed by atoms with Crippen molar-refractivity contribution >= 4 is 28.3 Å². The van der Waals surface area contributed by atoms with Crippen molar-refractivity contribution in [2.24, 2.45) is 0 Å². The van der Waals surface area contributed by atoms with E-state index in [1.54, 1.807) is 18.3 Å². The van der Waals surface area contributed by atoms with E-state index in [4.69, 9.17) is 5.73 Å². The van der Waals surface area contributed by atoms with E-state index >= 15 is 0 Å². The van der Waals surface area contributed by atoms with Crippen molar-refractivity contribution in [1.29, 1.82) is 0 Å². The molecule has 0 spiro atoms. The minimum atomic E-state index is -0.281. The number of anilines is 2. The number of carbonyl (C=O) groups is 1. The second-order valence-corrected chi connectivity index (χ2v) is 4.04. The SMILES string of the molecule is Nc1cccc2cc(C(=O)Nc3cnccn3)[nH]c12. The Bertz CT molecular complexity index is 735. The van der Waals surface area contributed by atoms with Crippen molar-refractivity contribution < 1.29 is 4.79 Å². The topological polar surface area (TPSA) is 96.7 Å². The third-order valence-electron chi connectivity index (χ3n) is 2.74. The maximum Gasteiger partial charge on any atom is 0.273 e. The molecule has 0 saturated carbocycles. The molecule has 4 N–H and O–H groups in total. The van der Waals surface area contributed by atoms with Crippen molar-refractivity contribution in [2.45, 2.75) is 0 Å². The average molecular weight is 253 g/mol. The zero-order valence-electron chi connectivity index (χ0n) is 9.92. The number of amides is 1. The smallest absolute Gasteiger partial charge is 0.273 e. The quantitative estimate of drug-likeness (QED) is 0.606. The minimum absolute atomic E-state index is 0.281. The van der Waals surface area contributed by atoms with E-state index in [-0.39, 0.29) is 5.91 Å². The Morgan fingerprint density at radius 2 is 2.21 bits per heavy atom. The number of aromatic nitrogens is 3. The van der Waals surface area contributed by atoms with Gasteiger partial charge in [0.25, 0.3) is 5.91 Å². The number of nitrogens with zero attached hydrogens (tertiary/aromatic N) is 2. The highest BCUT2D eigenvalue weighted by Gasteiger charge is 2.11. The fourth-order valence-electron chi connectivity index (χ4n) is 1.85. The Balaban J connectivity index is 1.92. The van der Waals surface area contributed by atoms with Gasteiger partial charge in [-0.25, -0.2) is 4.98 Å². The number of hydrogen-bond donors (Lipinski definition) is 3. The van der Waals surface area contributed by atoms with Gasteiger partial charge in [0, 0.05) is 17.8 Å². The first-order valence-corrected chi connectivity index (χ1v) is 5.68. The lowest BCUT2D eigenvalue weighted by atomic mass is 10.2. The van der Waals surface area contributed by atoms with Crippen LogP contribution in [0.2, 0.25) is 0 Å². The van der Waals surface area contributed by atoms with Crippen molar-refractivity contribution in [3.05, 3.63) is 48.5 Å². The highest BCUT2D eigenvalue weighted by atomic mass is 16.1. The molecule has 0 fully saturated rings. The zero-order chi connectivity index (χ0) is 13.2. The molecule has 0 saturated heterocycles. The summed E-state index contributed by atoms with van der Waals surface area (Å²) in [5.41, 5.74) is 7.63. The number of nitrogens with two attached hydrogens (primary N) is 1. The maximum atomic E-state index is 12.0. The normalized spacial score (nSPS) is 10.5. The van der Waals surface area contributed by atoms with E-state index < -0.39 is 0 Å². The predicted octanol–water partition coefficient (Wildman–Crippen LogP) is 1.79. The monoisotopic (exact) mass is 253 g/mol. The van der Waals surface area contributed by atoms with Gasteiger partial charge in [-0.1, -0.05) is 12.1 Å². The summed E-state index contributed by atoms with van der Waals surface area (Å²) in [6.45, 7) is 0. The Kier molecular flexibility index (Phi) is 2.60. The van der Waals surface area contributed by atoms with Crippen LogP contribution in [0.15, 0.2) is 42.9 Å². The van der Waals surface area contributed by atoms with Crippen molar-refractivity contribution in [3.63, 3.8) is 0 Å². The number of para-hydroxylation sites is 1. The summed E-state index contributed by atoms with van der Waals surface area (Å²) < 4.78 is 0. The number of hydrogen-bond acceptors (Lipinski definition) is 4. The fourth-order valence-corrected chi connectivity index (χ4v) is 1.85. The molecule has 0 aliphatic carbocycles. The van der Waals surface area contributed by atoms with Crippen LogP contribution in [0.5, 0.6) is 0 Å². The van der Waals surface area contributed by atoms with Crippen molar-refractivity contribution in [3.8, 4) is 0 Å². The standard InChI is InChI=1S/C13H11N5O/c14-9-3-1-2-8-6-10(17-12(8)9)13(19)18-11-7-15-4-5-16-11/h1-7,17H,14H2,(H,16,18,19). The maximum absolute atomic E-state index is 12.0. The van der Waals surface area contributed by atoms with Crippen LogP contribution in [0.4, 0.5) is 11.5 Å². The summed E-state index contributed by atoms with van der Waals surface area (Å²) in [7, 11) is 0. The van der Waals surface area contributed by atoms with E-state index in [2.05, 4.69) is 20.3 Å². The molecule has 3 aromatic rings. The molecule has 2 aromatic heterocycles. The first-order valence-electron chi connectivity index (χ1n) is 5.68. The van der Waals surface area contributed by atoms with Gasteiger partial charge in [0.15, 0.2) is 5.82 Å². The molecule has 0 aliphatic rings. The lowest BCUT2D eigenvalue weighted by Gasteiger charge is -2.00. The third kappa shape index (κ3) is 2.11. The van der Waals surface area contributed by atoms with Gasteiger partial charge in [0.2, 0.25) is 0 Å². The Labute approximate surface area is 108 Å². The second kappa shape index (κ2) is 4.41. The van der Waals surface area contributed by atoms with Crippen molar-refractivity contribution in [1.82, 2.24) is 15.0 Å². The zero-order valence-corrected chi connectivity index (χ0v) is 9.92. The molecule has 3 rings (SSSR count). The summed E-state index contributed by atoms with van der Waals surface area (Å²) >= 11 is 0. The number of rotatable bonds is 2. The molecule has 1 amide bonds. The average Bonchev–Trinajstić information content (AvgIpc) is 2.85. The highest BCUT2D eigenvalue weighted by Crippen LogP contribution is 2.21. The summed E-state index contributed by atoms with van der Waals surface area (Å²) in [5.74, 6) is 0.121. The van der Waals surface area contributed by atoms with Gasteiger partial charge in [-0.05, 0) is 12.1 Å². The first-order chi connectivity index (χ1) is 9.24. The number of benzene rings is 1. The summed E-state index contributed by atoms with van der Waals surface area (Å²) in [5, 5.41) is 3.55. The molecule has 6 nitrogen and oxygen atoms in total. The first kappa shape index (κ1) is 11.2. The van der Waals surface area contributed by atoms with Crippen LogP contribution in [0.3, 0.4) is 0 Å².